The van der Waals surface area contributed by atoms with Gasteiger partial charge in [0.1, 0.15) is 0 Å². The van der Waals surface area contributed by atoms with Crippen LogP contribution in [0.3, 0.4) is 0 Å². The Morgan fingerprint density at radius 3 is 1.36 bits per heavy atom. The molecule has 4 nitrogen and oxygen atoms in total. The Balaban J connectivity index is 2.62. The lowest BCUT2D eigenvalue weighted by Gasteiger charge is -2.30. The van der Waals surface area contributed by atoms with Crippen molar-refractivity contribution in [3.05, 3.63) is 0 Å². The van der Waals surface area contributed by atoms with Gasteiger partial charge in [-0.3, -0.25) is 9.59 Å². The van der Waals surface area contributed by atoms with E-state index in [0.29, 0.717) is 13.2 Å². The molecule has 0 spiro atoms. The van der Waals surface area contributed by atoms with E-state index in [-0.39, 0.29) is 34.6 Å². The maximum atomic E-state index is 12.3. The number of ether oxygens (including phenoxy) is 2. The molecule has 0 saturated heterocycles. The van der Waals surface area contributed by atoms with E-state index in [2.05, 4.69) is 0 Å². The summed E-state index contributed by atoms with van der Waals surface area (Å²) in [6.45, 7) is 12.9. The molecule has 128 valence electrons. The average Bonchev–Trinajstić information content (AvgIpc) is 2.40. The third-order valence-electron chi connectivity index (χ3n) is 3.67. The molecule has 0 bridgehead atoms. The average molecular weight is 312 g/mol. The van der Waals surface area contributed by atoms with Crippen molar-refractivity contribution in [2.24, 2.45) is 22.7 Å². The number of carbonyl (C=O) groups is 2. The standard InChI is InChI=1S/C18H32O4/c1-17(2,3)11-21-15(19)13-9-7-8-10-14(13)16(20)22-12-18(4,5)6/h13-14H,7-12H2,1-6H3. The molecule has 0 aromatic carbocycles. The summed E-state index contributed by atoms with van der Waals surface area (Å²) in [5, 5.41) is 0. The molecule has 2 unspecified atom stereocenters. The van der Waals surface area contributed by atoms with E-state index in [0.717, 1.165) is 25.7 Å². The summed E-state index contributed by atoms with van der Waals surface area (Å²) < 4.78 is 10.9. The molecule has 1 aliphatic rings. The zero-order valence-corrected chi connectivity index (χ0v) is 15.0. The fourth-order valence-corrected chi connectivity index (χ4v) is 2.48. The minimum Gasteiger partial charge on any atom is -0.465 e. The summed E-state index contributed by atoms with van der Waals surface area (Å²) >= 11 is 0. The Kier molecular flexibility index (Phi) is 6.45. The quantitative estimate of drug-likeness (QED) is 0.737. The summed E-state index contributed by atoms with van der Waals surface area (Å²) in [6.07, 6.45) is 3.38. The number of rotatable bonds is 4. The van der Waals surface area contributed by atoms with Crippen LogP contribution in [0, 0.1) is 22.7 Å². The predicted molar refractivity (Wildman–Crippen MR) is 86.3 cm³/mol. The van der Waals surface area contributed by atoms with Crippen molar-refractivity contribution in [3.8, 4) is 0 Å². The van der Waals surface area contributed by atoms with Gasteiger partial charge in [0.05, 0.1) is 25.0 Å². The minimum atomic E-state index is -0.344. The van der Waals surface area contributed by atoms with Crippen LogP contribution < -0.4 is 0 Å². The van der Waals surface area contributed by atoms with Gasteiger partial charge < -0.3 is 9.47 Å². The fraction of sp³-hybridized carbons (Fsp3) is 0.889. The van der Waals surface area contributed by atoms with E-state index in [1.807, 2.05) is 41.5 Å². The van der Waals surface area contributed by atoms with E-state index in [1.54, 1.807) is 0 Å². The third-order valence-corrected chi connectivity index (χ3v) is 3.67. The summed E-state index contributed by atoms with van der Waals surface area (Å²) in [6, 6.07) is 0. The van der Waals surface area contributed by atoms with Crippen LogP contribution in [0.1, 0.15) is 67.2 Å². The van der Waals surface area contributed by atoms with Gasteiger partial charge in [0.15, 0.2) is 0 Å². The first-order valence-electron chi connectivity index (χ1n) is 8.33. The van der Waals surface area contributed by atoms with Crippen LogP contribution in [-0.2, 0) is 19.1 Å². The van der Waals surface area contributed by atoms with Crippen molar-refractivity contribution in [1.29, 1.82) is 0 Å². The van der Waals surface area contributed by atoms with Gasteiger partial charge in [0, 0.05) is 0 Å². The summed E-state index contributed by atoms with van der Waals surface area (Å²) in [5.41, 5.74) is -0.126. The van der Waals surface area contributed by atoms with Crippen LogP contribution in [0.5, 0.6) is 0 Å². The smallest absolute Gasteiger partial charge is 0.309 e. The second kappa shape index (κ2) is 7.47. The Morgan fingerprint density at radius 2 is 1.09 bits per heavy atom. The lowest BCUT2D eigenvalue weighted by molar-refractivity contribution is -0.165. The molecular weight excluding hydrogens is 280 g/mol. The molecule has 4 heteroatoms. The third kappa shape index (κ3) is 6.80. The molecule has 0 aromatic rings. The van der Waals surface area contributed by atoms with Gasteiger partial charge in [-0.25, -0.2) is 0 Å². The van der Waals surface area contributed by atoms with Crippen molar-refractivity contribution in [2.45, 2.75) is 67.2 Å². The van der Waals surface area contributed by atoms with Crippen LogP contribution in [0.2, 0.25) is 0 Å². The molecule has 0 aliphatic heterocycles. The molecular formula is C18H32O4. The van der Waals surface area contributed by atoms with Gasteiger partial charge in [-0.1, -0.05) is 54.4 Å². The lowest BCUT2D eigenvalue weighted by atomic mass is 9.79. The molecule has 2 atom stereocenters. The van der Waals surface area contributed by atoms with Gasteiger partial charge in [-0.2, -0.15) is 0 Å². The monoisotopic (exact) mass is 312 g/mol. The van der Waals surface area contributed by atoms with E-state index < -0.39 is 0 Å². The normalized spacial score (nSPS) is 23.0. The summed E-state index contributed by atoms with van der Waals surface area (Å²) in [7, 11) is 0. The Labute approximate surface area is 134 Å². The maximum absolute atomic E-state index is 12.3. The Hall–Kier alpha value is -1.06. The summed E-state index contributed by atoms with van der Waals surface area (Å²) in [5.74, 6) is -1.17. The van der Waals surface area contributed by atoms with E-state index in [1.165, 1.54) is 0 Å². The highest BCUT2D eigenvalue weighted by molar-refractivity contribution is 5.82. The second-order valence-corrected chi connectivity index (χ2v) is 8.83. The van der Waals surface area contributed by atoms with Crippen LogP contribution in [0.25, 0.3) is 0 Å². The molecule has 1 saturated carbocycles. The van der Waals surface area contributed by atoms with E-state index >= 15 is 0 Å². The van der Waals surface area contributed by atoms with Crippen LogP contribution in [-0.4, -0.2) is 25.2 Å². The van der Waals surface area contributed by atoms with Gasteiger partial charge in [0.25, 0.3) is 0 Å². The van der Waals surface area contributed by atoms with Gasteiger partial charge in [0.2, 0.25) is 0 Å². The van der Waals surface area contributed by atoms with Crippen molar-refractivity contribution in [1.82, 2.24) is 0 Å². The summed E-state index contributed by atoms with van der Waals surface area (Å²) in [4.78, 5) is 24.7. The molecule has 0 heterocycles. The lowest BCUT2D eigenvalue weighted by Crippen LogP contribution is -2.37. The molecule has 1 rings (SSSR count). The molecule has 1 fully saturated rings. The van der Waals surface area contributed by atoms with Gasteiger partial charge >= 0.3 is 11.9 Å². The molecule has 0 radical (unpaired) electrons. The van der Waals surface area contributed by atoms with Crippen molar-refractivity contribution >= 4 is 11.9 Å². The fourth-order valence-electron chi connectivity index (χ4n) is 2.48. The zero-order chi connectivity index (χ0) is 17.0. The highest BCUT2D eigenvalue weighted by atomic mass is 16.5. The number of esters is 2. The molecule has 1 aliphatic carbocycles. The molecule has 0 N–H and O–H groups in total. The van der Waals surface area contributed by atoms with E-state index in [4.69, 9.17) is 9.47 Å². The van der Waals surface area contributed by atoms with Crippen LogP contribution in [0.15, 0.2) is 0 Å². The first-order valence-corrected chi connectivity index (χ1v) is 8.33. The molecule has 0 aromatic heterocycles. The van der Waals surface area contributed by atoms with Crippen LogP contribution >= 0.6 is 0 Å². The number of hydrogen-bond donors (Lipinski definition) is 0. The first-order chi connectivity index (χ1) is 9.99. The SMILES string of the molecule is CC(C)(C)COC(=O)C1CCCCC1C(=O)OCC(C)(C)C. The zero-order valence-electron chi connectivity index (χ0n) is 15.0. The molecule has 22 heavy (non-hydrogen) atoms. The van der Waals surface area contributed by atoms with Crippen LogP contribution in [0.4, 0.5) is 0 Å². The Bertz CT molecular complexity index is 349. The van der Waals surface area contributed by atoms with Crippen molar-refractivity contribution in [2.75, 3.05) is 13.2 Å². The van der Waals surface area contributed by atoms with Crippen molar-refractivity contribution in [3.63, 3.8) is 0 Å². The van der Waals surface area contributed by atoms with Gasteiger partial charge in [-0.15, -0.1) is 0 Å². The maximum Gasteiger partial charge on any atom is 0.309 e. The first kappa shape index (κ1) is 19.0. The number of carbonyl (C=O) groups excluding carboxylic acids is 2. The topological polar surface area (TPSA) is 52.6 Å². The largest absolute Gasteiger partial charge is 0.465 e. The highest BCUT2D eigenvalue weighted by Crippen LogP contribution is 2.33. The van der Waals surface area contributed by atoms with Gasteiger partial charge in [-0.05, 0) is 23.7 Å². The second-order valence-electron chi connectivity index (χ2n) is 8.83. The highest BCUT2D eigenvalue weighted by Gasteiger charge is 2.38. The minimum absolute atomic E-state index is 0.0629. The van der Waals surface area contributed by atoms with E-state index in [9.17, 15) is 9.59 Å². The predicted octanol–water partition coefficient (Wildman–Crippen LogP) is 3.97. The van der Waals surface area contributed by atoms with Crippen molar-refractivity contribution < 1.29 is 19.1 Å². The Morgan fingerprint density at radius 1 is 0.773 bits per heavy atom. The molecule has 0 amide bonds. The number of hydrogen-bond acceptors (Lipinski definition) is 4.